The minimum absolute atomic E-state index is 0.177. The zero-order valence-corrected chi connectivity index (χ0v) is 13.7. The molecule has 21 heavy (non-hydrogen) atoms. The summed E-state index contributed by atoms with van der Waals surface area (Å²) in [7, 11) is 0. The molecule has 1 amide bonds. The van der Waals surface area contributed by atoms with E-state index >= 15 is 0 Å². The van der Waals surface area contributed by atoms with Crippen molar-refractivity contribution in [2.24, 2.45) is 0 Å². The lowest BCUT2D eigenvalue weighted by Crippen LogP contribution is -2.32. The maximum absolute atomic E-state index is 12.4. The number of hydrogen-bond acceptors (Lipinski definition) is 3. The van der Waals surface area contributed by atoms with E-state index in [0.29, 0.717) is 5.75 Å². The Labute approximate surface area is 131 Å². The molecule has 0 radical (unpaired) electrons. The number of carbonyl (C=O) groups is 1. The van der Waals surface area contributed by atoms with E-state index in [2.05, 4.69) is 6.08 Å². The number of rotatable bonds is 5. The molecule has 0 aliphatic heterocycles. The van der Waals surface area contributed by atoms with Gasteiger partial charge in [0.05, 0.1) is 5.75 Å². The minimum Gasteiger partial charge on any atom is -0.398 e. The van der Waals surface area contributed by atoms with Crippen LogP contribution in [0, 0.1) is 6.92 Å². The van der Waals surface area contributed by atoms with Crippen LogP contribution in [0.2, 0.25) is 0 Å². The van der Waals surface area contributed by atoms with E-state index in [4.69, 9.17) is 5.73 Å². The number of nitrogens with zero attached hydrogens (tertiary/aromatic N) is 1. The third-order valence-electron chi connectivity index (χ3n) is 3.75. The Kier molecular flexibility index (Phi) is 5.74. The summed E-state index contributed by atoms with van der Waals surface area (Å²) in [6, 6.07) is 5.98. The summed E-state index contributed by atoms with van der Waals surface area (Å²) in [6.45, 7) is 4.80. The highest BCUT2D eigenvalue weighted by atomic mass is 32.2. The molecule has 1 aliphatic carbocycles. The molecule has 0 atom stereocenters. The summed E-state index contributed by atoms with van der Waals surface area (Å²) in [5.74, 6) is 0.619. The number of carbonyl (C=O) groups excluding carboxylic acids is 1. The Balaban J connectivity index is 1.97. The van der Waals surface area contributed by atoms with Gasteiger partial charge < -0.3 is 10.6 Å². The largest absolute Gasteiger partial charge is 0.398 e. The summed E-state index contributed by atoms with van der Waals surface area (Å²) in [6.07, 6.45) is 6.77. The van der Waals surface area contributed by atoms with E-state index in [1.54, 1.807) is 0 Å². The second-order valence-corrected chi connectivity index (χ2v) is 6.43. The number of nitrogen functional groups attached to an aromatic ring is 1. The van der Waals surface area contributed by atoms with E-state index in [1.165, 1.54) is 30.3 Å². The normalized spacial score (nSPS) is 14.7. The number of allylic oxidation sites excluding steroid dienone is 2. The molecule has 0 spiro atoms. The smallest absolute Gasteiger partial charge is 0.237 e. The SMILES string of the molecule is CCN(C(=O)CSc1ccc(C)cc1N)C1=CCCCC1. The fourth-order valence-electron chi connectivity index (χ4n) is 2.62. The van der Waals surface area contributed by atoms with Crippen molar-refractivity contribution in [2.45, 2.75) is 44.4 Å². The Hall–Kier alpha value is -1.42. The molecule has 1 aliphatic rings. The lowest BCUT2D eigenvalue weighted by Gasteiger charge is -2.26. The molecule has 0 saturated carbocycles. The molecule has 0 aromatic heterocycles. The molecule has 114 valence electrons. The molecule has 3 nitrogen and oxygen atoms in total. The zero-order valence-electron chi connectivity index (χ0n) is 12.9. The highest BCUT2D eigenvalue weighted by Gasteiger charge is 2.18. The van der Waals surface area contributed by atoms with Crippen molar-refractivity contribution >= 4 is 23.4 Å². The van der Waals surface area contributed by atoms with E-state index in [0.717, 1.165) is 35.5 Å². The summed E-state index contributed by atoms with van der Waals surface area (Å²) in [4.78, 5) is 15.4. The lowest BCUT2D eigenvalue weighted by atomic mass is 10.0. The summed E-state index contributed by atoms with van der Waals surface area (Å²) < 4.78 is 0. The van der Waals surface area contributed by atoms with Crippen LogP contribution in [-0.4, -0.2) is 23.1 Å². The molecular weight excluding hydrogens is 280 g/mol. The average Bonchev–Trinajstić information content (AvgIpc) is 2.48. The minimum atomic E-state index is 0.177. The van der Waals surface area contributed by atoms with E-state index in [-0.39, 0.29) is 5.91 Å². The summed E-state index contributed by atoms with van der Waals surface area (Å²) >= 11 is 1.53. The van der Waals surface area contributed by atoms with Crippen molar-refractivity contribution < 1.29 is 4.79 Å². The number of thioether (sulfide) groups is 1. The predicted octanol–water partition coefficient (Wildman–Crippen LogP) is 3.98. The summed E-state index contributed by atoms with van der Waals surface area (Å²) in [5, 5.41) is 0. The van der Waals surface area contributed by atoms with Gasteiger partial charge in [-0.2, -0.15) is 0 Å². The molecular formula is C17H24N2OS. The van der Waals surface area contributed by atoms with Crippen LogP contribution in [-0.2, 0) is 4.79 Å². The van der Waals surface area contributed by atoms with Gasteiger partial charge in [-0.25, -0.2) is 0 Å². The standard InChI is InChI=1S/C17H24N2OS/c1-3-19(14-7-5-4-6-8-14)17(20)12-21-16-10-9-13(2)11-15(16)18/h7,9-11H,3-6,8,12,18H2,1-2H3. The first-order valence-corrected chi connectivity index (χ1v) is 8.58. The molecule has 0 unspecified atom stereocenters. The van der Waals surface area contributed by atoms with Crippen LogP contribution in [0.4, 0.5) is 5.69 Å². The number of benzene rings is 1. The van der Waals surface area contributed by atoms with Gasteiger partial charge in [0.2, 0.25) is 5.91 Å². The highest BCUT2D eigenvalue weighted by Crippen LogP contribution is 2.27. The fourth-order valence-corrected chi connectivity index (χ4v) is 3.45. The van der Waals surface area contributed by atoms with Crippen molar-refractivity contribution in [3.05, 3.63) is 35.5 Å². The van der Waals surface area contributed by atoms with Gasteiger partial charge in [0.1, 0.15) is 0 Å². The number of anilines is 1. The maximum atomic E-state index is 12.4. The topological polar surface area (TPSA) is 46.3 Å². The molecule has 0 bridgehead atoms. The van der Waals surface area contributed by atoms with Crippen LogP contribution in [0.3, 0.4) is 0 Å². The van der Waals surface area contributed by atoms with Gasteiger partial charge in [0, 0.05) is 22.8 Å². The highest BCUT2D eigenvalue weighted by molar-refractivity contribution is 8.00. The van der Waals surface area contributed by atoms with E-state index in [9.17, 15) is 4.79 Å². The van der Waals surface area contributed by atoms with Gasteiger partial charge in [0.15, 0.2) is 0 Å². The first-order chi connectivity index (χ1) is 10.1. The fraction of sp³-hybridized carbons (Fsp3) is 0.471. The molecule has 4 heteroatoms. The molecule has 2 N–H and O–H groups in total. The Bertz CT molecular complexity index is 540. The Morgan fingerprint density at radius 1 is 1.38 bits per heavy atom. The first kappa shape index (κ1) is 16.0. The number of aryl methyl sites for hydroxylation is 1. The van der Waals surface area contributed by atoms with Crippen molar-refractivity contribution in [3.63, 3.8) is 0 Å². The molecule has 1 aromatic rings. The van der Waals surface area contributed by atoms with Gasteiger partial charge >= 0.3 is 0 Å². The van der Waals surface area contributed by atoms with Crippen LogP contribution >= 0.6 is 11.8 Å². The van der Waals surface area contributed by atoms with Crippen LogP contribution in [0.5, 0.6) is 0 Å². The zero-order chi connectivity index (χ0) is 15.2. The quantitative estimate of drug-likeness (QED) is 0.661. The van der Waals surface area contributed by atoms with Gasteiger partial charge in [-0.15, -0.1) is 11.8 Å². The van der Waals surface area contributed by atoms with Gasteiger partial charge in [-0.1, -0.05) is 12.1 Å². The predicted molar refractivity (Wildman–Crippen MR) is 90.3 cm³/mol. The number of nitrogens with two attached hydrogens (primary N) is 1. The van der Waals surface area contributed by atoms with E-state index in [1.807, 2.05) is 36.9 Å². The van der Waals surface area contributed by atoms with Gasteiger partial charge in [-0.05, 0) is 57.2 Å². The van der Waals surface area contributed by atoms with Gasteiger partial charge in [-0.3, -0.25) is 4.79 Å². The lowest BCUT2D eigenvalue weighted by molar-refractivity contribution is -0.126. The summed E-state index contributed by atoms with van der Waals surface area (Å²) in [5.41, 5.74) is 9.10. The van der Waals surface area contributed by atoms with E-state index < -0.39 is 0 Å². The van der Waals surface area contributed by atoms with Crippen molar-refractivity contribution in [2.75, 3.05) is 18.0 Å². The number of amides is 1. The van der Waals surface area contributed by atoms with Crippen LogP contribution < -0.4 is 5.73 Å². The molecule has 1 aromatic carbocycles. The van der Waals surface area contributed by atoms with Crippen LogP contribution in [0.1, 0.15) is 38.2 Å². The maximum Gasteiger partial charge on any atom is 0.237 e. The third kappa shape index (κ3) is 4.27. The van der Waals surface area contributed by atoms with Gasteiger partial charge in [0.25, 0.3) is 0 Å². The average molecular weight is 304 g/mol. The molecule has 0 heterocycles. The third-order valence-corrected chi connectivity index (χ3v) is 4.82. The van der Waals surface area contributed by atoms with Crippen LogP contribution in [0.25, 0.3) is 0 Å². The van der Waals surface area contributed by atoms with Crippen LogP contribution in [0.15, 0.2) is 34.9 Å². The monoisotopic (exact) mass is 304 g/mol. The second-order valence-electron chi connectivity index (χ2n) is 5.41. The van der Waals surface area contributed by atoms with Crippen molar-refractivity contribution in [3.8, 4) is 0 Å². The van der Waals surface area contributed by atoms with Crippen molar-refractivity contribution in [1.29, 1.82) is 0 Å². The Morgan fingerprint density at radius 3 is 2.81 bits per heavy atom. The number of hydrogen-bond donors (Lipinski definition) is 1. The molecule has 0 fully saturated rings. The Morgan fingerprint density at radius 2 is 2.19 bits per heavy atom. The van der Waals surface area contributed by atoms with Crippen molar-refractivity contribution in [1.82, 2.24) is 4.90 Å². The second kappa shape index (κ2) is 7.55. The molecule has 0 saturated heterocycles. The first-order valence-electron chi connectivity index (χ1n) is 7.60. The molecule has 2 rings (SSSR count).